The number of methoxy groups -OCH3 is 1. The highest BCUT2D eigenvalue weighted by atomic mass is 16.6. The second kappa shape index (κ2) is 8.47. The minimum absolute atomic E-state index is 0.0435. The summed E-state index contributed by atoms with van der Waals surface area (Å²) in [6.45, 7) is 3.51. The number of nitrogens with zero attached hydrogens (tertiary/aromatic N) is 2. The van der Waals surface area contributed by atoms with Crippen LogP contribution in [0.25, 0.3) is 22.2 Å². The number of carbonyl (C=O) groups is 1. The van der Waals surface area contributed by atoms with Crippen molar-refractivity contribution in [2.24, 2.45) is 0 Å². The van der Waals surface area contributed by atoms with Crippen LogP contribution in [0.15, 0.2) is 66.7 Å². The molecule has 0 aliphatic rings. The Labute approximate surface area is 184 Å². The number of aryl methyl sites for hydroxylation is 1. The zero-order valence-electron chi connectivity index (χ0n) is 17.9. The normalized spacial score (nSPS) is 10.7. The van der Waals surface area contributed by atoms with E-state index in [-0.39, 0.29) is 11.6 Å². The second-order valence-corrected chi connectivity index (χ2v) is 7.42. The Morgan fingerprint density at radius 1 is 1.03 bits per heavy atom. The highest BCUT2D eigenvalue weighted by Gasteiger charge is 2.20. The number of hydrogen-bond acceptors (Lipinski definition) is 5. The van der Waals surface area contributed by atoms with Crippen molar-refractivity contribution in [1.82, 2.24) is 4.98 Å². The van der Waals surface area contributed by atoms with Gasteiger partial charge < -0.3 is 10.1 Å². The molecule has 4 aromatic rings. The van der Waals surface area contributed by atoms with Crippen LogP contribution in [0.1, 0.15) is 21.5 Å². The van der Waals surface area contributed by atoms with Crippen molar-refractivity contribution < 1.29 is 14.5 Å². The van der Waals surface area contributed by atoms with E-state index in [1.165, 1.54) is 6.07 Å². The van der Waals surface area contributed by atoms with E-state index in [9.17, 15) is 14.9 Å². The van der Waals surface area contributed by atoms with Crippen LogP contribution in [0.2, 0.25) is 0 Å². The smallest absolute Gasteiger partial charge is 0.274 e. The lowest BCUT2D eigenvalue weighted by molar-refractivity contribution is -0.385. The summed E-state index contributed by atoms with van der Waals surface area (Å²) in [7, 11) is 1.60. The summed E-state index contributed by atoms with van der Waals surface area (Å²) >= 11 is 0. The molecule has 0 aliphatic heterocycles. The number of aromatic nitrogens is 1. The number of amides is 1. The summed E-state index contributed by atoms with van der Waals surface area (Å²) in [5.74, 6) is 0.375. The SMILES string of the molecule is COc1ccc(-c2nc3ccccc3c(C(=O)Nc3ccc(C)c([N+](=O)[O-])c3)c2C)cc1. The summed E-state index contributed by atoms with van der Waals surface area (Å²) in [6, 6.07) is 19.6. The number of nitrogens with one attached hydrogen (secondary N) is 1. The molecule has 0 fully saturated rings. The van der Waals surface area contributed by atoms with Gasteiger partial charge in [0.2, 0.25) is 0 Å². The molecule has 0 saturated heterocycles. The van der Waals surface area contributed by atoms with Gasteiger partial charge in [-0.25, -0.2) is 4.98 Å². The Hall–Kier alpha value is -4.26. The topological polar surface area (TPSA) is 94.4 Å². The van der Waals surface area contributed by atoms with Gasteiger partial charge in [-0.05, 0) is 55.8 Å². The largest absolute Gasteiger partial charge is 0.497 e. The predicted octanol–water partition coefficient (Wildman–Crippen LogP) is 5.69. The van der Waals surface area contributed by atoms with E-state index in [2.05, 4.69) is 5.32 Å². The molecule has 7 nitrogen and oxygen atoms in total. The maximum atomic E-state index is 13.4. The van der Waals surface area contributed by atoms with Crippen LogP contribution in [0.3, 0.4) is 0 Å². The van der Waals surface area contributed by atoms with Gasteiger partial charge in [-0.1, -0.05) is 24.3 Å². The van der Waals surface area contributed by atoms with Crippen LogP contribution in [-0.4, -0.2) is 22.9 Å². The molecule has 0 saturated carbocycles. The van der Waals surface area contributed by atoms with Crippen molar-refractivity contribution in [3.05, 3.63) is 93.5 Å². The van der Waals surface area contributed by atoms with Crippen LogP contribution in [-0.2, 0) is 0 Å². The molecule has 0 unspecified atom stereocenters. The van der Waals surface area contributed by atoms with E-state index in [0.717, 1.165) is 11.3 Å². The third-order valence-corrected chi connectivity index (χ3v) is 5.39. The first-order valence-corrected chi connectivity index (χ1v) is 9.99. The van der Waals surface area contributed by atoms with Gasteiger partial charge in [-0.3, -0.25) is 14.9 Å². The number of nitro benzene ring substituents is 1. The minimum atomic E-state index is -0.458. The van der Waals surface area contributed by atoms with Crippen LogP contribution >= 0.6 is 0 Å². The van der Waals surface area contributed by atoms with Gasteiger partial charge in [-0.2, -0.15) is 0 Å². The zero-order chi connectivity index (χ0) is 22.8. The summed E-state index contributed by atoms with van der Waals surface area (Å²) in [4.78, 5) is 29.0. The summed E-state index contributed by atoms with van der Waals surface area (Å²) in [5.41, 5.74) is 4.26. The van der Waals surface area contributed by atoms with Gasteiger partial charge in [0.05, 0.1) is 28.8 Å². The summed E-state index contributed by atoms with van der Waals surface area (Å²) in [5, 5.41) is 14.8. The number of benzene rings is 3. The monoisotopic (exact) mass is 427 g/mol. The molecule has 1 amide bonds. The van der Waals surface area contributed by atoms with Crippen molar-refractivity contribution in [2.45, 2.75) is 13.8 Å². The fraction of sp³-hybridized carbons (Fsp3) is 0.120. The lowest BCUT2D eigenvalue weighted by Crippen LogP contribution is -2.15. The zero-order valence-corrected chi connectivity index (χ0v) is 17.9. The summed E-state index contributed by atoms with van der Waals surface area (Å²) < 4.78 is 5.24. The van der Waals surface area contributed by atoms with Gasteiger partial charge in [0, 0.05) is 28.3 Å². The lowest BCUT2D eigenvalue weighted by atomic mass is 9.97. The maximum Gasteiger partial charge on any atom is 0.274 e. The number of pyridine rings is 1. The first kappa shape index (κ1) is 21.0. The Morgan fingerprint density at radius 3 is 2.44 bits per heavy atom. The fourth-order valence-electron chi connectivity index (χ4n) is 3.71. The van der Waals surface area contributed by atoms with E-state index in [4.69, 9.17) is 9.72 Å². The van der Waals surface area contributed by atoms with Crippen LogP contribution in [0.4, 0.5) is 11.4 Å². The highest BCUT2D eigenvalue weighted by molar-refractivity contribution is 6.14. The molecule has 4 rings (SSSR count). The fourth-order valence-corrected chi connectivity index (χ4v) is 3.71. The predicted molar refractivity (Wildman–Crippen MR) is 124 cm³/mol. The second-order valence-electron chi connectivity index (χ2n) is 7.42. The number of anilines is 1. The Kier molecular flexibility index (Phi) is 5.55. The Balaban J connectivity index is 1.82. The molecule has 160 valence electrons. The number of hydrogen-bond donors (Lipinski definition) is 1. The van der Waals surface area contributed by atoms with Crippen LogP contribution in [0, 0.1) is 24.0 Å². The average Bonchev–Trinajstić information content (AvgIpc) is 2.79. The Bertz CT molecular complexity index is 1350. The van der Waals surface area contributed by atoms with Gasteiger partial charge in [0.1, 0.15) is 5.75 Å². The van der Waals surface area contributed by atoms with Crippen LogP contribution in [0.5, 0.6) is 5.75 Å². The number of fused-ring (bicyclic) bond motifs is 1. The molecule has 0 aliphatic carbocycles. The van der Waals surface area contributed by atoms with E-state index < -0.39 is 4.92 Å². The molecule has 1 heterocycles. The van der Waals surface area contributed by atoms with Gasteiger partial charge >= 0.3 is 0 Å². The Morgan fingerprint density at radius 2 is 1.75 bits per heavy atom. The number of ether oxygens (including phenoxy) is 1. The van der Waals surface area contributed by atoms with E-state index in [0.29, 0.717) is 39.0 Å². The van der Waals surface area contributed by atoms with E-state index in [1.54, 1.807) is 26.2 Å². The third kappa shape index (κ3) is 3.88. The van der Waals surface area contributed by atoms with E-state index >= 15 is 0 Å². The lowest BCUT2D eigenvalue weighted by Gasteiger charge is -2.15. The van der Waals surface area contributed by atoms with Crippen molar-refractivity contribution in [2.75, 3.05) is 12.4 Å². The highest BCUT2D eigenvalue weighted by Crippen LogP contribution is 2.31. The first-order chi connectivity index (χ1) is 15.4. The molecule has 1 N–H and O–H groups in total. The van der Waals surface area contributed by atoms with Crippen molar-refractivity contribution >= 4 is 28.2 Å². The minimum Gasteiger partial charge on any atom is -0.497 e. The molecule has 0 bridgehead atoms. The number of para-hydroxylation sites is 1. The molecular weight excluding hydrogens is 406 g/mol. The molecule has 0 spiro atoms. The van der Waals surface area contributed by atoms with Crippen molar-refractivity contribution in [3.8, 4) is 17.0 Å². The molecule has 0 radical (unpaired) electrons. The molecule has 1 aromatic heterocycles. The van der Waals surface area contributed by atoms with Gasteiger partial charge in [-0.15, -0.1) is 0 Å². The van der Waals surface area contributed by atoms with Crippen molar-refractivity contribution in [3.63, 3.8) is 0 Å². The standard InChI is InChI=1S/C25H21N3O4/c1-15-8-11-18(14-22(15)28(30)31)26-25(29)23-16(2)24(17-9-12-19(32-3)13-10-17)27-21-7-5-4-6-20(21)23/h4-14H,1-3H3,(H,26,29). The first-order valence-electron chi connectivity index (χ1n) is 9.99. The van der Waals surface area contributed by atoms with Crippen molar-refractivity contribution in [1.29, 1.82) is 0 Å². The van der Waals surface area contributed by atoms with Gasteiger partial charge in [0.15, 0.2) is 0 Å². The molecule has 7 heteroatoms. The summed E-state index contributed by atoms with van der Waals surface area (Å²) in [6.07, 6.45) is 0. The number of nitro groups is 1. The molecule has 3 aromatic carbocycles. The molecule has 32 heavy (non-hydrogen) atoms. The van der Waals surface area contributed by atoms with Crippen LogP contribution < -0.4 is 10.1 Å². The van der Waals surface area contributed by atoms with Gasteiger partial charge in [0.25, 0.3) is 11.6 Å². The maximum absolute atomic E-state index is 13.4. The quantitative estimate of drug-likeness (QED) is 0.326. The number of rotatable bonds is 5. The molecule has 0 atom stereocenters. The third-order valence-electron chi connectivity index (χ3n) is 5.39. The number of carbonyl (C=O) groups excluding carboxylic acids is 1. The molecular formula is C25H21N3O4. The van der Waals surface area contributed by atoms with E-state index in [1.807, 2.05) is 55.5 Å². The average molecular weight is 427 g/mol.